The van der Waals surface area contributed by atoms with Crippen LogP contribution in [0.3, 0.4) is 0 Å². The Morgan fingerprint density at radius 3 is 2.62 bits per heavy atom. The van der Waals surface area contributed by atoms with E-state index in [1.165, 1.54) is 0 Å². The lowest BCUT2D eigenvalue weighted by Crippen LogP contribution is -2.38. The molecule has 6 heteroatoms. The highest BCUT2D eigenvalue weighted by Gasteiger charge is 2.34. The molecule has 0 aliphatic heterocycles. The Morgan fingerprint density at radius 2 is 2.05 bits per heavy atom. The van der Waals surface area contributed by atoms with Crippen LogP contribution >= 0.6 is 22.6 Å². The topological polar surface area (TPSA) is 70.8 Å². The third-order valence-electron chi connectivity index (χ3n) is 3.24. The second-order valence-corrected chi connectivity index (χ2v) is 6.36. The SMILES string of the molecule is COCOCC[C@@H](c1ccccc1I)C(C)(C)OC(N)=O. The molecule has 0 heterocycles. The van der Waals surface area contributed by atoms with Gasteiger partial charge in [0.1, 0.15) is 12.4 Å². The molecule has 0 aliphatic carbocycles. The molecule has 0 radical (unpaired) electrons. The Hall–Kier alpha value is -0.860. The van der Waals surface area contributed by atoms with Crippen molar-refractivity contribution in [1.29, 1.82) is 0 Å². The molecule has 2 N–H and O–H groups in total. The van der Waals surface area contributed by atoms with Crippen molar-refractivity contribution in [1.82, 2.24) is 0 Å². The summed E-state index contributed by atoms with van der Waals surface area (Å²) in [7, 11) is 1.58. The predicted octanol–water partition coefficient (Wildman–Crippen LogP) is 3.26. The highest BCUT2D eigenvalue weighted by molar-refractivity contribution is 14.1. The van der Waals surface area contributed by atoms with E-state index in [9.17, 15) is 4.79 Å². The summed E-state index contributed by atoms with van der Waals surface area (Å²) in [4.78, 5) is 11.2. The second-order valence-electron chi connectivity index (χ2n) is 5.20. The van der Waals surface area contributed by atoms with Crippen LogP contribution < -0.4 is 5.73 Å². The minimum atomic E-state index is -0.770. The highest BCUT2D eigenvalue weighted by Crippen LogP contribution is 2.36. The maximum Gasteiger partial charge on any atom is 0.405 e. The first-order valence-corrected chi connectivity index (χ1v) is 7.76. The molecular weight excluding hydrogens is 385 g/mol. The molecule has 0 aromatic heterocycles. The molecule has 0 aliphatic rings. The zero-order chi connectivity index (χ0) is 15.9. The van der Waals surface area contributed by atoms with E-state index in [-0.39, 0.29) is 12.7 Å². The van der Waals surface area contributed by atoms with Crippen molar-refractivity contribution in [2.75, 3.05) is 20.5 Å². The number of methoxy groups -OCH3 is 1. The van der Waals surface area contributed by atoms with Gasteiger partial charge in [0.2, 0.25) is 0 Å². The summed E-state index contributed by atoms with van der Waals surface area (Å²) < 4.78 is 16.7. The van der Waals surface area contributed by atoms with Gasteiger partial charge >= 0.3 is 6.09 Å². The molecule has 21 heavy (non-hydrogen) atoms. The summed E-state index contributed by atoms with van der Waals surface area (Å²) in [5, 5.41) is 0. The molecule has 5 nitrogen and oxygen atoms in total. The van der Waals surface area contributed by atoms with Crippen molar-refractivity contribution in [3.63, 3.8) is 0 Å². The molecule has 0 unspecified atom stereocenters. The first kappa shape index (κ1) is 18.2. The molecule has 118 valence electrons. The first-order chi connectivity index (χ1) is 9.88. The Morgan fingerprint density at radius 1 is 1.38 bits per heavy atom. The lowest BCUT2D eigenvalue weighted by molar-refractivity contribution is -0.0426. The average Bonchev–Trinajstić information content (AvgIpc) is 2.38. The van der Waals surface area contributed by atoms with Crippen molar-refractivity contribution >= 4 is 28.7 Å². The fraction of sp³-hybridized carbons (Fsp3) is 0.533. The van der Waals surface area contributed by atoms with Gasteiger partial charge < -0.3 is 19.9 Å². The summed E-state index contributed by atoms with van der Waals surface area (Å²) in [5.41, 5.74) is 5.59. The Labute approximate surface area is 139 Å². The van der Waals surface area contributed by atoms with Crippen LogP contribution in [0.4, 0.5) is 4.79 Å². The third-order valence-corrected chi connectivity index (χ3v) is 4.22. The number of hydrogen-bond acceptors (Lipinski definition) is 4. The van der Waals surface area contributed by atoms with Gasteiger partial charge in [-0.25, -0.2) is 4.79 Å². The molecule has 1 amide bonds. The van der Waals surface area contributed by atoms with Crippen LogP contribution in [0.25, 0.3) is 0 Å². The summed E-state index contributed by atoms with van der Waals surface area (Å²) in [6.45, 7) is 4.48. The van der Waals surface area contributed by atoms with E-state index < -0.39 is 11.7 Å². The van der Waals surface area contributed by atoms with Gasteiger partial charge in [-0.15, -0.1) is 0 Å². The molecule has 1 rings (SSSR count). The van der Waals surface area contributed by atoms with Crippen LogP contribution in [-0.4, -0.2) is 32.2 Å². The molecule has 0 fully saturated rings. The maximum absolute atomic E-state index is 11.2. The quantitative estimate of drug-likeness (QED) is 0.408. The number of amides is 1. The van der Waals surface area contributed by atoms with Crippen LogP contribution in [0.2, 0.25) is 0 Å². The van der Waals surface area contributed by atoms with Crippen molar-refractivity contribution in [2.45, 2.75) is 31.8 Å². The number of carbonyl (C=O) groups is 1. The van der Waals surface area contributed by atoms with Crippen LogP contribution in [0, 0.1) is 3.57 Å². The summed E-state index contributed by atoms with van der Waals surface area (Å²) in [5.74, 6) is -0.0186. The number of benzene rings is 1. The van der Waals surface area contributed by atoms with Crippen LogP contribution in [0.5, 0.6) is 0 Å². The minimum Gasteiger partial charge on any atom is -0.443 e. The minimum absolute atomic E-state index is 0.0186. The van der Waals surface area contributed by atoms with Crippen LogP contribution in [0.15, 0.2) is 24.3 Å². The largest absolute Gasteiger partial charge is 0.443 e. The van der Waals surface area contributed by atoms with E-state index in [1.54, 1.807) is 7.11 Å². The van der Waals surface area contributed by atoms with E-state index in [4.69, 9.17) is 19.9 Å². The molecular formula is C15H22INO4. The summed E-state index contributed by atoms with van der Waals surface area (Å²) >= 11 is 2.28. The lowest BCUT2D eigenvalue weighted by Gasteiger charge is -2.34. The number of rotatable bonds is 8. The van der Waals surface area contributed by atoms with E-state index >= 15 is 0 Å². The predicted molar refractivity (Wildman–Crippen MR) is 89.1 cm³/mol. The molecule has 0 saturated heterocycles. The van der Waals surface area contributed by atoms with Gasteiger partial charge in [0.25, 0.3) is 0 Å². The van der Waals surface area contributed by atoms with Crippen molar-refractivity contribution in [3.05, 3.63) is 33.4 Å². The van der Waals surface area contributed by atoms with Gasteiger partial charge in [0, 0.05) is 16.6 Å². The number of halogens is 1. The van der Waals surface area contributed by atoms with Crippen molar-refractivity contribution < 1.29 is 19.0 Å². The van der Waals surface area contributed by atoms with Crippen LogP contribution in [-0.2, 0) is 14.2 Å². The highest BCUT2D eigenvalue weighted by atomic mass is 127. The molecule has 0 saturated carbocycles. The van der Waals surface area contributed by atoms with E-state index in [1.807, 2.05) is 38.1 Å². The summed E-state index contributed by atoms with van der Waals surface area (Å²) in [6.07, 6.45) is -0.0716. The van der Waals surface area contributed by atoms with Gasteiger partial charge in [-0.05, 0) is 54.5 Å². The Kier molecular flexibility index (Phi) is 7.41. The normalized spacial score (nSPS) is 13.0. The van der Waals surface area contributed by atoms with Crippen molar-refractivity contribution in [3.8, 4) is 0 Å². The van der Waals surface area contributed by atoms with Gasteiger partial charge in [-0.2, -0.15) is 0 Å². The van der Waals surface area contributed by atoms with E-state index in [2.05, 4.69) is 22.6 Å². The lowest BCUT2D eigenvalue weighted by atomic mass is 9.82. The third kappa shape index (κ3) is 5.80. The number of primary amides is 1. The van der Waals surface area contributed by atoms with E-state index in [0.29, 0.717) is 13.0 Å². The zero-order valence-corrected chi connectivity index (χ0v) is 14.8. The number of carbonyl (C=O) groups excluding carboxylic acids is 1. The molecule has 1 atom stereocenters. The van der Waals surface area contributed by atoms with E-state index in [0.717, 1.165) is 9.13 Å². The smallest absolute Gasteiger partial charge is 0.405 e. The fourth-order valence-corrected chi connectivity index (χ4v) is 3.07. The summed E-state index contributed by atoms with van der Waals surface area (Å²) in [6, 6.07) is 8.01. The standard InChI is InChI=1S/C15H22INO4/c1-15(2,21-14(17)18)12(8-9-20-10-19-3)11-6-4-5-7-13(11)16/h4-7,12H,8-10H2,1-3H3,(H2,17,18)/t12-/m0/s1. The van der Waals surface area contributed by atoms with Crippen molar-refractivity contribution in [2.24, 2.45) is 5.73 Å². The van der Waals surface area contributed by atoms with Gasteiger partial charge in [0.15, 0.2) is 0 Å². The van der Waals surface area contributed by atoms with Crippen LogP contribution in [0.1, 0.15) is 31.7 Å². The zero-order valence-electron chi connectivity index (χ0n) is 12.6. The Bertz CT molecular complexity index is 465. The first-order valence-electron chi connectivity index (χ1n) is 6.68. The monoisotopic (exact) mass is 407 g/mol. The number of ether oxygens (including phenoxy) is 3. The number of nitrogens with two attached hydrogens (primary N) is 1. The van der Waals surface area contributed by atoms with Gasteiger partial charge in [-0.1, -0.05) is 18.2 Å². The van der Waals surface area contributed by atoms with Gasteiger partial charge in [0.05, 0.1) is 6.61 Å². The molecule has 0 spiro atoms. The molecule has 1 aromatic rings. The fourth-order valence-electron chi connectivity index (χ4n) is 2.31. The molecule has 1 aromatic carbocycles. The second kappa shape index (κ2) is 8.55. The Balaban J connectivity index is 2.94. The van der Waals surface area contributed by atoms with Gasteiger partial charge in [-0.3, -0.25) is 0 Å². The molecule has 0 bridgehead atoms. The number of hydrogen-bond donors (Lipinski definition) is 1. The average molecular weight is 407 g/mol. The maximum atomic E-state index is 11.2.